The Labute approximate surface area is 342 Å². The lowest BCUT2D eigenvalue weighted by Gasteiger charge is -2.41. The van der Waals surface area contributed by atoms with E-state index in [1.807, 2.05) is 12.2 Å². The summed E-state index contributed by atoms with van der Waals surface area (Å²) in [5.41, 5.74) is 0. The van der Waals surface area contributed by atoms with Crippen molar-refractivity contribution in [2.24, 2.45) is 0 Å². The van der Waals surface area contributed by atoms with Gasteiger partial charge < -0.3 is 39.9 Å². The number of phosphoric ester groups is 1. The zero-order valence-electron chi connectivity index (χ0n) is 34.6. The highest BCUT2D eigenvalue weighted by molar-refractivity contribution is 7.47. The van der Waals surface area contributed by atoms with Gasteiger partial charge in [-0.3, -0.25) is 13.8 Å². The lowest BCUT2D eigenvalue weighted by Crippen LogP contribution is -2.64. The van der Waals surface area contributed by atoms with Crippen LogP contribution in [0.3, 0.4) is 0 Å². The molecule has 6 N–H and O–H groups in total. The summed E-state index contributed by atoms with van der Waals surface area (Å²) in [6.07, 6.45) is 31.2. The van der Waals surface area contributed by atoms with Crippen LogP contribution in [0.5, 0.6) is 0 Å². The first kappa shape index (κ1) is 52.8. The van der Waals surface area contributed by atoms with Gasteiger partial charge in [-0.25, -0.2) is 4.57 Å². The first-order valence-corrected chi connectivity index (χ1v) is 22.8. The predicted octanol–water partition coefficient (Wildman–Crippen LogP) is 8.02. The molecular formula is C44H75O12P. The molecule has 0 amide bonds. The maximum absolute atomic E-state index is 12.8. The number of hydrogen-bond acceptors (Lipinski definition) is 11. The SMILES string of the molecule is CC/C=C\C/C=C\C/C=C\C/C=C\C/C=C\CCCC(=O)OC(COCCCCCCCC/C=C\CCCCC)COP(=O)(O)OC1C(O)C(O)C(O)C(O)C1O. The molecule has 0 bridgehead atoms. The zero-order valence-corrected chi connectivity index (χ0v) is 35.5. The smallest absolute Gasteiger partial charge is 0.457 e. The van der Waals surface area contributed by atoms with Gasteiger partial charge in [-0.15, -0.1) is 0 Å². The first-order chi connectivity index (χ1) is 27.5. The highest BCUT2D eigenvalue weighted by atomic mass is 31.2. The third-order valence-corrected chi connectivity index (χ3v) is 10.3. The summed E-state index contributed by atoms with van der Waals surface area (Å²) in [7, 11) is -5.03. The van der Waals surface area contributed by atoms with Gasteiger partial charge in [-0.05, 0) is 77.0 Å². The van der Waals surface area contributed by atoms with Gasteiger partial charge in [0.05, 0.1) is 13.2 Å². The lowest BCUT2D eigenvalue weighted by molar-refractivity contribution is -0.220. The van der Waals surface area contributed by atoms with Crippen molar-refractivity contribution in [2.45, 2.75) is 179 Å². The van der Waals surface area contributed by atoms with Crippen molar-refractivity contribution in [2.75, 3.05) is 19.8 Å². The molecule has 1 aliphatic carbocycles. The van der Waals surface area contributed by atoms with E-state index in [1.54, 1.807) is 0 Å². The number of hydrogen-bond donors (Lipinski definition) is 6. The van der Waals surface area contributed by atoms with E-state index in [2.05, 4.69) is 74.6 Å². The molecule has 1 rings (SSSR count). The van der Waals surface area contributed by atoms with Crippen molar-refractivity contribution in [1.29, 1.82) is 0 Å². The van der Waals surface area contributed by atoms with E-state index in [9.17, 15) is 39.8 Å². The third-order valence-electron chi connectivity index (χ3n) is 9.31. The molecule has 0 heterocycles. The third kappa shape index (κ3) is 27.2. The van der Waals surface area contributed by atoms with Crippen molar-refractivity contribution in [3.8, 4) is 0 Å². The van der Waals surface area contributed by atoms with E-state index in [0.29, 0.717) is 19.4 Å². The monoisotopic (exact) mass is 826 g/mol. The summed E-state index contributed by atoms with van der Waals surface area (Å²) >= 11 is 0. The summed E-state index contributed by atoms with van der Waals surface area (Å²) in [5, 5.41) is 50.1. The fraction of sp³-hybridized carbons (Fsp3) is 0.705. The van der Waals surface area contributed by atoms with Crippen molar-refractivity contribution < 1.29 is 58.3 Å². The number of phosphoric acid groups is 1. The van der Waals surface area contributed by atoms with Gasteiger partial charge in [0, 0.05) is 13.0 Å². The van der Waals surface area contributed by atoms with Crippen LogP contribution in [0.25, 0.3) is 0 Å². The minimum Gasteiger partial charge on any atom is -0.457 e. The second-order valence-corrected chi connectivity index (χ2v) is 15.9. The van der Waals surface area contributed by atoms with E-state index in [-0.39, 0.29) is 13.0 Å². The number of unbranched alkanes of at least 4 members (excludes halogenated alkanes) is 10. The van der Waals surface area contributed by atoms with Crippen molar-refractivity contribution in [3.05, 3.63) is 72.9 Å². The molecule has 13 heteroatoms. The molecule has 1 saturated carbocycles. The van der Waals surface area contributed by atoms with Gasteiger partial charge in [0.25, 0.3) is 0 Å². The Kier molecular flexibility index (Phi) is 32.1. The molecular weight excluding hydrogens is 751 g/mol. The Morgan fingerprint density at radius 1 is 0.579 bits per heavy atom. The van der Waals surface area contributed by atoms with Crippen LogP contribution in [0.4, 0.5) is 0 Å². The molecule has 328 valence electrons. The van der Waals surface area contributed by atoms with E-state index in [4.69, 9.17) is 18.5 Å². The van der Waals surface area contributed by atoms with Gasteiger partial charge in [0.2, 0.25) is 0 Å². The lowest BCUT2D eigenvalue weighted by atomic mass is 9.85. The topological polar surface area (TPSA) is 192 Å². The van der Waals surface area contributed by atoms with Crippen LogP contribution in [0.1, 0.15) is 136 Å². The van der Waals surface area contributed by atoms with E-state index in [1.165, 1.54) is 32.1 Å². The molecule has 1 fully saturated rings. The molecule has 12 nitrogen and oxygen atoms in total. The Morgan fingerprint density at radius 3 is 1.60 bits per heavy atom. The number of aliphatic hydroxyl groups is 5. The van der Waals surface area contributed by atoms with Crippen molar-refractivity contribution in [1.82, 2.24) is 0 Å². The molecule has 0 aliphatic heterocycles. The summed E-state index contributed by atoms with van der Waals surface area (Å²) in [6.45, 7) is 4.02. The van der Waals surface area contributed by atoms with Gasteiger partial charge >= 0.3 is 13.8 Å². The maximum Gasteiger partial charge on any atom is 0.472 e. The van der Waals surface area contributed by atoms with E-state index in [0.717, 1.165) is 70.6 Å². The number of ether oxygens (including phenoxy) is 2. The molecule has 6 atom stereocenters. The number of allylic oxidation sites excluding steroid dienone is 12. The molecule has 0 aromatic heterocycles. The molecule has 57 heavy (non-hydrogen) atoms. The maximum atomic E-state index is 12.8. The van der Waals surface area contributed by atoms with Crippen molar-refractivity contribution in [3.63, 3.8) is 0 Å². The molecule has 1 aliphatic rings. The summed E-state index contributed by atoms with van der Waals surface area (Å²) < 4.78 is 34.0. The van der Waals surface area contributed by atoms with Gasteiger partial charge in [0.15, 0.2) is 0 Å². The summed E-state index contributed by atoms with van der Waals surface area (Å²) in [5.74, 6) is -0.539. The predicted molar refractivity (Wildman–Crippen MR) is 225 cm³/mol. The minimum absolute atomic E-state index is 0.102. The molecule has 0 aromatic carbocycles. The number of carbonyl (C=O) groups is 1. The molecule has 0 aromatic rings. The highest BCUT2D eigenvalue weighted by Crippen LogP contribution is 2.47. The molecule has 0 spiro atoms. The Bertz CT molecular complexity index is 1220. The van der Waals surface area contributed by atoms with Crippen molar-refractivity contribution >= 4 is 13.8 Å². The Morgan fingerprint density at radius 2 is 1.04 bits per heavy atom. The fourth-order valence-corrected chi connectivity index (χ4v) is 6.89. The largest absolute Gasteiger partial charge is 0.472 e. The second kappa shape index (κ2) is 34.6. The van der Waals surface area contributed by atoms with Crippen LogP contribution in [0, 0.1) is 0 Å². The van der Waals surface area contributed by atoms with Crippen LogP contribution in [0.15, 0.2) is 72.9 Å². The number of aliphatic hydroxyl groups excluding tert-OH is 5. The van der Waals surface area contributed by atoms with Crippen LogP contribution in [0.2, 0.25) is 0 Å². The normalized spacial score (nSPS) is 23.6. The Balaban J connectivity index is 2.50. The van der Waals surface area contributed by atoms with Gasteiger partial charge in [-0.1, -0.05) is 125 Å². The number of esters is 1. The summed E-state index contributed by atoms with van der Waals surface area (Å²) in [6, 6.07) is 0. The highest BCUT2D eigenvalue weighted by Gasteiger charge is 2.51. The zero-order chi connectivity index (χ0) is 42.0. The van der Waals surface area contributed by atoms with Gasteiger partial charge in [0.1, 0.15) is 42.7 Å². The summed E-state index contributed by atoms with van der Waals surface area (Å²) in [4.78, 5) is 23.1. The standard InChI is InChI=1S/C44H75O12P/c1-3-5-7-9-11-13-15-17-18-19-20-21-23-25-27-29-31-33-38(45)55-37(35-53-34-32-30-28-26-24-22-16-14-12-10-8-6-4-2)36-54-57(51,52)56-44-42(49)40(47)39(46)41(48)43(44)50/h5,7,11-14,17-18,20-21,25,27,37,39-44,46-50H,3-4,6,8-10,15-16,19,22-24,26,28-36H2,1-2H3,(H,51,52)/b7-5-,13-11-,14-12-,18-17-,21-20-,27-25-. The van der Waals surface area contributed by atoms with Crippen LogP contribution in [-0.2, 0) is 27.9 Å². The average Bonchev–Trinajstić information content (AvgIpc) is 3.19. The minimum atomic E-state index is -5.03. The molecule has 0 radical (unpaired) electrons. The Hall–Kier alpha value is -2.22. The quantitative estimate of drug-likeness (QED) is 0.0159. The first-order valence-electron chi connectivity index (χ1n) is 21.3. The molecule has 0 saturated heterocycles. The molecule has 6 unspecified atom stereocenters. The average molecular weight is 827 g/mol. The van der Waals surface area contributed by atoms with Crippen LogP contribution in [-0.4, -0.2) is 98.9 Å². The number of rotatable bonds is 34. The van der Waals surface area contributed by atoms with Crippen LogP contribution < -0.4 is 0 Å². The fourth-order valence-electron chi connectivity index (χ4n) is 5.91. The second-order valence-electron chi connectivity index (χ2n) is 14.5. The van der Waals surface area contributed by atoms with Gasteiger partial charge in [-0.2, -0.15) is 0 Å². The van der Waals surface area contributed by atoms with E-state index < -0.39 is 63.1 Å². The van der Waals surface area contributed by atoms with Crippen LogP contribution >= 0.6 is 7.82 Å². The number of carbonyl (C=O) groups excluding carboxylic acids is 1. The van der Waals surface area contributed by atoms with E-state index >= 15 is 0 Å².